The summed E-state index contributed by atoms with van der Waals surface area (Å²) in [5.74, 6) is 0.916. The van der Waals surface area contributed by atoms with Crippen LogP contribution in [0, 0.1) is 5.41 Å². The summed E-state index contributed by atoms with van der Waals surface area (Å²) in [6.07, 6.45) is 8.73. The molecule has 88 valence electrons. The van der Waals surface area contributed by atoms with Crippen molar-refractivity contribution in [2.75, 3.05) is 0 Å². The van der Waals surface area contributed by atoms with Crippen LogP contribution in [0.25, 0.3) is 0 Å². The van der Waals surface area contributed by atoms with Crippen molar-refractivity contribution in [1.29, 1.82) is 0 Å². The van der Waals surface area contributed by atoms with Gasteiger partial charge in [0, 0.05) is 12.4 Å². The minimum atomic E-state index is 0.367. The van der Waals surface area contributed by atoms with Crippen LogP contribution in [-0.4, -0.2) is 11.1 Å². The molecule has 0 N–H and O–H groups in total. The molecule has 1 aromatic rings. The lowest BCUT2D eigenvalue weighted by Gasteiger charge is -2.34. The molecular weight excluding hydrogens is 266 g/mol. The minimum absolute atomic E-state index is 0.367. The maximum Gasteiger partial charge on any atom is 0.136 e. The zero-order valence-corrected chi connectivity index (χ0v) is 11.5. The Morgan fingerprint density at radius 2 is 2.06 bits per heavy atom. The van der Waals surface area contributed by atoms with Crippen molar-refractivity contribution < 1.29 is 4.74 Å². The largest absolute Gasteiger partial charge is 0.489 e. The molecule has 1 saturated carbocycles. The van der Waals surface area contributed by atoms with Gasteiger partial charge in [-0.05, 0) is 53.1 Å². The molecule has 2 rings (SSSR count). The number of halogens is 1. The van der Waals surface area contributed by atoms with E-state index in [1.165, 1.54) is 12.8 Å². The van der Waals surface area contributed by atoms with Crippen molar-refractivity contribution in [3.63, 3.8) is 0 Å². The van der Waals surface area contributed by atoms with E-state index in [2.05, 4.69) is 34.8 Å². The van der Waals surface area contributed by atoms with E-state index >= 15 is 0 Å². The molecule has 1 aromatic heterocycles. The lowest BCUT2D eigenvalue weighted by molar-refractivity contribution is 0.0980. The molecular formula is C13H18BrNO. The van der Waals surface area contributed by atoms with Crippen molar-refractivity contribution in [2.45, 2.75) is 45.6 Å². The van der Waals surface area contributed by atoms with Crippen LogP contribution < -0.4 is 4.74 Å². The lowest BCUT2D eigenvalue weighted by Crippen LogP contribution is -2.28. The fraction of sp³-hybridized carbons (Fsp3) is 0.615. The summed E-state index contributed by atoms with van der Waals surface area (Å²) in [7, 11) is 0. The summed E-state index contributed by atoms with van der Waals surface area (Å²) in [5, 5.41) is 0. The van der Waals surface area contributed by atoms with Crippen LogP contribution in [0.4, 0.5) is 0 Å². The first-order valence-corrected chi connectivity index (χ1v) is 6.62. The highest BCUT2D eigenvalue weighted by Crippen LogP contribution is 2.37. The topological polar surface area (TPSA) is 22.1 Å². The molecule has 0 spiro atoms. The molecule has 16 heavy (non-hydrogen) atoms. The first-order chi connectivity index (χ1) is 7.57. The van der Waals surface area contributed by atoms with Crippen LogP contribution in [0.2, 0.25) is 0 Å². The molecule has 0 saturated heterocycles. The van der Waals surface area contributed by atoms with Crippen LogP contribution >= 0.6 is 15.9 Å². The summed E-state index contributed by atoms with van der Waals surface area (Å²) in [4.78, 5) is 4.03. The Kier molecular flexibility index (Phi) is 3.53. The Labute approximate surface area is 106 Å². The second-order valence-electron chi connectivity index (χ2n) is 5.29. The van der Waals surface area contributed by atoms with Crippen LogP contribution in [0.3, 0.4) is 0 Å². The number of hydrogen-bond acceptors (Lipinski definition) is 2. The number of ether oxygens (including phenoxy) is 1. The zero-order chi connectivity index (χ0) is 11.6. The van der Waals surface area contributed by atoms with Gasteiger partial charge in [-0.2, -0.15) is 0 Å². The minimum Gasteiger partial charge on any atom is -0.489 e. The van der Waals surface area contributed by atoms with E-state index in [1.807, 2.05) is 6.07 Å². The average Bonchev–Trinajstić information content (AvgIpc) is 2.24. The molecule has 0 radical (unpaired) electrons. The second kappa shape index (κ2) is 4.74. The molecule has 0 amide bonds. The highest BCUT2D eigenvalue weighted by molar-refractivity contribution is 9.10. The van der Waals surface area contributed by atoms with Crippen molar-refractivity contribution in [1.82, 2.24) is 4.98 Å². The molecule has 0 bridgehead atoms. The SMILES string of the molecule is CC1(C)CCC(Oc2ccncc2Br)CC1. The van der Waals surface area contributed by atoms with Gasteiger partial charge >= 0.3 is 0 Å². The van der Waals surface area contributed by atoms with E-state index in [9.17, 15) is 0 Å². The maximum atomic E-state index is 5.99. The first-order valence-electron chi connectivity index (χ1n) is 5.83. The van der Waals surface area contributed by atoms with Gasteiger partial charge in [-0.25, -0.2) is 0 Å². The number of aromatic nitrogens is 1. The normalized spacial score (nSPS) is 20.7. The number of pyridine rings is 1. The summed E-state index contributed by atoms with van der Waals surface area (Å²) in [5.41, 5.74) is 0.495. The molecule has 0 unspecified atom stereocenters. The Bertz CT molecular complexity index is 355. The Hall–Kier alpha value is -0.570. The van der Waals surface area contributed by atoms with Gasteiger partial charge in [0.25, 0.3) is 0 Å². The summed E-state index contributed by atoms with van der Waals surface area (Å²) in [6, 6.07) is 1.92. The highest BCUT2D eigenvalue weighted by atomic mass is 79.9. The van der Waals surface area contributed by atoms with Gasteiger partial charge in [0.1, 0.15) is 5.75 Å². The van der Waals surface area contributed by atoms with Gasteiger partial charge in [-0.3, -0.25) is 4.98 Å². The van der Waals surface area contributed by atoms with E-state index in [0.29, 0.717) is 11.5 Å². The fourth-order valence-electron chi connectivity index (χ4n) is 2.13. The van der Waals surface area contributed by atoms with E-state index in [-0.39, 0.29) is 0 Å². The van der Waals surface area contributed by atoms with Crippen molar-refractivity contribution in [3.05, 3.63) is 22.9 Å². The van der Waals surface area contributed by atoms with Gasteiger partial charge in [0.2, 0.25) is 0 Å². The third kappa shape index (κ3) is 2.97. The molecule has 0 atom stereocenters. The van der Waals surface area contributed by atoms with Gasteiger partial charge < -0.3 is 4.74 Å². The predicted molar refractivity (Wildman–Crippen MR) is 68.6 cm³/mol. The zero-order valence-electron chi connectivity index (χ0n) is 9.87. The standard InChI is InChI=1S/C13H18BrNO/c1-13(2)6-3-10(4-7-13)16-12-5-8-15-9-11(12)14/h5,8-10H,3-4,6-7H2,1-2H3. The lowest BCUT2D eigenvalue weighted by atomic mass is 9.76. The smallest absolute Gasteiger partial charge is 0.136 e. The van der Waals surface area contributed by atoms with Crippen molar-refractivity contribution in [3.8, 4) is 5.75 Å². The first kappa shape index (κ1) is 11.9. The summed E-state index contributed by atoms with van der Waals surface area (Å²) in [6.45, 7) is 4.68. The third-order valence-corrected chi connectivity index (χ3v) is 3.91. The van der Waals surface area contributed by atoms with Crippen LogP contribution in [0.5, 0.6) is 5.75 Å². The molecule has 2 nitrogen and oxygen atoms in total. The van der Waals surface area contributed by atoms with E-state index in [1.54, 1.807) is 12.4 Å². The average molecular weight is 284 g/mol. The quantitative estimate of drug-likeness (QED) is 0.812. The van der Waals surface area contributed by atoms with E-state index in [0.717, 1.165) is 23.1 Å². The maximum absolute atomic E-state index is 5.99. The molecule has 0 aliphatic heterocycles. The highest BCUT2D eigenvalue weighted by Gasteiger charge is 2.27. The molecule has 1 fully saturated rings. The van der Waals surface area contributed by atoms with Crippen LogP contribution in [0.15, 0.2) is 22.9 Å². The molecule has 0 aromatic carbocycles. The van der Waals surface area contributed by atoms with Crippen molar-refractivity contribution in [2.24, 2.45) is 5.41 Å². The number of nitrogens with zero attached hydrogens (tertiary/aromatic N) is 1. The number of hydrogen-bond donors (Lipinski definition) is 0. The predicted octanol–water partition coefficient (Wildman–Crippen LogP) is 4.19. The number of rotatable bonds is 2. The Morgan fingerprint density at radius 3 is 2.69 bits per heavy atom. The summed E-state index contributed by atoms with van der Waals surface area (Å²) >= 11 is 3.46. The van der Waals surface area contributed by atoms with E-state index < -0.39 is 0 Å². The molecule has 1 aliphatic rings. The fourth-order valence-corrected chi connectivity index (χ4v) is 2.47. The van der Waals surface area contributed by atoms with Gasteiger partial charge in [0.05, 0.1) is 10.6 Å². The summed E-state index contributed by atoms with van der Waals surface area (Å²) < 4.78 is 6.94. The van der Waals surface area contributed by atoms with Gasteiger partial charge in [-0.15, -0.1) is 0 Å². The van der Waals surface area contributed by atoms with Gasteiger partial charge in [0.15, 0.2) is 0 Å². The monoisotopic (exact) mass is 283 g/mol. The van der Waals surface area contributed by atoms with Crippen LogP contribution in [0.1, 0.15) is 39.5 Å². The Morgan fingerprint density at radius 1 is 1.38 bits per heavy atom. The molecule has 1 aliphatic carbocycles. The van der Waals surface area contributed by atoms with Crippen LogP contribution in [-0.2, 0) is 0 Å². The second-order valence-corrected chi connectivity index (χ2v) is 6.14. The third-order valence-electron chi connectivity index (χ3n) is 3.32. The molecule has 3 heteroatoms. The molecule has 1 heterocycles. The van der Waals surface area contributed by atoms with E-state index in [4.69, 9.17) is 4.74 Å². The Balaban J connectivity index is 1.95. The van der Waals surface area contributed by atoms with Gasteiger partial charge in [-0.1, -0.05) is 13.8 Å². The van der Waals surface area contributed by atoms with Crippen molar-refractivity contribution >= 4 is 15.9 Å².